The van der Waals surface area contributed by atoms with Crippen LogP contribution in [-0.2, 0) is 4.79 Å². The number of nitrogens with one attached hydrogen (secondary N) is 1. The fraction of sp³-hybridized carbons (Fsp3) is 0.158. The third-order valence-corrected chi connectivity index (χ3v) is 4.00. The second-order valence-electron chi connectivity index (χ2n) is 5.62. The number of methoxy groups -OCH3 is 2. The summed E-state index contributed by atoms with van der Waals surface area (Å²) in [4.78, 5) is 11.3. The fourth-order valence-corrected chi connectivity index (χ4v) is 2.70. The van der Waals surface area contributed by atoms with E-state index in [9.17, 15) is 4.79 Å². The first-order chi connectivity index (χ1) is 13.5. The number of rotatable bonds is 6. The number of hydrogen-bond acceptors (Lipinski definition) is 7. The van der Waals surface area contributed by atoms with Gasteiger partial charge in [-0.25, -0.2) is 5.10 Å². The molecule has 0 aliphatic rings. The van der Waals surface area contributed by atoms with E-state index >= 15 is 0 Å². The minimum atomic E-state index is -0.477. The van der Waals surface area contributed by atoms with Gasteiger partial charge in [-0.2, -0.15) is 14.9 Å². The first-order valence-corrected chi connectivity index (χ1v) is 8.66. The van der Waals surface area contributed by atoms with E-state index in [2.05, 4.69) is 15.3 Å². The van der Waals surface area contributed by atoms with Crippen molar-refractivity contribution in [3.63, 3.8) is 0 Å². The minimum absolute atomic E-state index is 0.208. The molecule has 1 heterocycles. The van der Waals surface area contributed by atoms with Crippen LogP contribution in [0.4, 0.5) is 0 Å². The summed E-state index contributed by atoms with van der Waals surface area (Å²) in [5, 5.41) is 11.4. The maximum absolute atomic E-state index is 11.3. The Morgan fingerprint density at radius 1 is 1.18 bits per heavy atom. The zero-order valence-electron chi connectivity index (χ0n) is 15.5. The molecule has 0 bridgehead atoms. The van der Waals surface area contributed by atoms with Crippen molar-refractivity contribution in [3.8, 4) is 28.6 Å². The molecule has 0 atom stereocenters. The Balaban J connectivity index is 2.01. The van der Waals surface area contributed by atoms with Crippen molar-refractivity contribution in [3.05, 3.63) is 52.8 Å². The van der Waals surface area contributed by atoms with Gasteiger partial charge in [0, 0.05) is 18.1 Å². The van der Waals surface area contributed by atoms with Gasteiger partial charge in [-0.1, -0.05) is 30.3 Å². The molecular weight excluding hydrogens is 380 g/mol. The fourth-order valence-electron chi connectivity index (χ4n) is 2.52. The van der Waals surface area contributed by atoms with Gasteiger partial charge in [-0.3, -0.25) is 4.79 Å². The van der Waals surface area contributed by atoms with Gasteiger partial charge >= 0.3 is 5.97 Å². The number of carbonyl (C=O) groups excluding carboxylic acids is 1. The predicted octanol–water partition coefficient (Wildman–Crippen LogP) is 3.43. The second kappa shape index (κ2) is 8.49. The van der Waals surface area contributed by atoms with Gasteiger partial charge in [0.25, 0.3) is 0 Å². The zero-order valence-corrected chi connectivity index (χ0v) is 16.3. The van der Waals surface area contributed by atoms with Crippen LogP contribution >= 0.6 is 12.2 Å². The van der Waals surface area contributed by atoms with Crippen LogP contribution in [0.15, 0.2) is 47.6 Å². The van der Waals surface area contributed by atoms with Gasteiger partial charge in [0.05, 0.1) is 20.4 Å². The molecule has 9 heteroatoms. The number of hydrogen-bond donors (Lipinski definition) is 1. The van der Waals surface area contributed by atoms with E-state index in [4.69, 9.17) is 26.4 Å². The number of carbonyl (C=O) groups is 1. The standard InChI is InChI=1S/C19H18N4O4S/c1-12(24)27-17-15(25-2)9-13(10-16(17)26-3)11-20-23-18(21-22-19(23)28)14-7-5-4-6-8-14/h4-11H,1-3H3,(H,22,28). The molecule has 0 fully saturated rings. The number of aromatic nitrogens is 3. The van der Waals surface area contributed by atoms with E-state index in [1.54, 1.807) is 18.3 Å². The lowest BCUT2D eigenvalue weighted by Crippen LogP contribution is -2.05. The topological polar surface area (TPSA) is 90.7 Å². The molecule has 3 rings (SSSR count). The van der Waals surface area contributed by atoms with Crippen LogP contribution in [0.1, 0.15) is 12.5 Å². The molecule has 0 saturated carbocycles. The van der Waals surface area contributed by atoms with Crippen LogP contribution in [0.5, 0.6) is 17.2 Å². The van der Waals surface area contributed by atoms with Crippen molar-refractivity contribution >= 4 is 24.4 Å². The maximum Gasteiger partial charge on any atom is 0.308 e. The molecule has 8 nitrogen and oxygen atoms in total. The van der Waals surface area contributed by atoms with Crippen LogP contribution < -0.4 is 14.2 Å². The first-order valence-electron chi connectivity index (χ1n) is 8.25. The Bertz CT molecular complexity index is 1050. The SMILES string of the molecule is COc1cc(C=Nn2c(-c3ccccc3)n[nH]c2=S)cc(OC)c1OC(C)=O. The average Bonchev–Trinajstić information content (AvgIpc) is 3.07. The predicted molar refractivity (Wildman–Crippen MR) is 107 cm³/mol. The molecule has 1 aromatic heterocycles. The van der Waals surface area contributed by atoms with Gasteiger partial charge < -0.3 is 14.2 Å². The van der Waals surface area contributed by atoms with Crippen molar-refractivity contribution < 1.29 is 19.0 Å². The monoisotopic (exact) mass is 398 g/mol. The van der Waals surface area contributed by atoms with Crippen LogP contribution in [0.3, 0.4) is 0 Å². The summed E-state index contributed by atoms with van der Waals surface area (Å²) in [5.74, 6) is 0.997. The molecular formula is C19H18N4O4S. The molecule has 0 radical (unpaired) electrons. The highest BCUT2D eigenvalue weighted by Crippen LogP contribution is 2.38. The number of H-pyrrole nitrogens is 1. The van der Waals surface area contributed by atoms with Crippen molar-refractivity contribution in [1.29, 1.82) is 0 Å². The maximum atomic E-state index is 11.3. The van der Waals surface area contributed by atoms with Gasteiger partial charge in [0.15, 0.2) is 17.3 Å². The number of nitrogens with zero attached hydrogens (tertiary/aromatic N) is 3. The number of aromatic amines is 1. The molecule has 144 valence electrons. The minimum Gasteiger partial charge on any atom is -0.493 e. The molecule has 1 N–H and O–H groups in total. The molecule has 0 amide bonds. The summed E-state index contributed by atoms with van der Waals surface area (Å²) >= 11 is 5.28. The normalized spacial score (nSPS) is 10.8. The van der Waals surface area contributed by atoms with Crippen molar-refractivity contribution in [2.75, 3.05) is 14.2 Å². The summed E-state index contributed by atoms with van der Waals surface area (Å²) in [6.07, 6.45) is 1.58. The summed E-state index contributed by atoms with van der Waals surface area (Å²) in [7, 11) is 2.95. The van der Waals surface area contributed by atoms with Crippen molar-refractivity contribution in [1.82, 2.24) is 14.9 Å². The highest BCUT2D eigenvalue weighted by atomic mass is 32.1. The molecule has 2 aromatic carbocycles. The van der Waals surface area contributed by atoms with E-state index < -0.39 is 5.97 Å². The Kier molecular flexibility index (Phi) is 5.85. The Labute approximate surface area is 166 Å². The van der Waals surface area contributed by atoms with Gasteiger partial charge in [0.1, 0.15) is 0 Å². The molecule has 0 aliphatic heterocycles. The number of ether oxygens (including phenoxy) is 3. The quantitative estimate of drug-likeness (QED) is 0.296. The van der Waals surface area contributed by atoms with Crippen molar-refractivity contribution in [2.24, 2.45) is 5.10 Å². The summed E-state index contributed by atoms with van der Waals surface area (Å²) in [6, 6.07) is 12.9. The number of esters is 1. The van der Waals surface area contributed by atoms with E-state index in [1.165, 1.54) is 25.8 Å². The van der Waals surface area contributed by atoms with E-state index in [1.807, 2.05) is 30.3 Å². The van der Waals surface area contributed by atoms with Crippen molar-refractivity contribution in [2.45, 2.75) is 6.92 Å². The zero-order chi connectivity index (χ0) is 20.1. The van der Waals surface area contributed by atoms with Crippen LogP contribution in [0.2, 0.25) is 0 Å². The largest absolute Gasteiger partial charge is 0.493 e. The van der Waals surface area contributed by atoms with E-state index in [0.717, 1.165) is 5.56 Å². The van der Waals surface area contributed by atoms with Gasteiger partial charge in [-0.05, 0) is 24.4 Å². The third-order valence-electron chi connectivity index (χ3n) is 3.73. The second-order valence-corrected chi connectivity index (χ2v) is 6.01. The average molecular weight is 398 g/mol. The van der Waals surface area contributed by atoms with E-state index in [-0.39, 0.29) is 5.75 Å². The Morgan fingerprint density at radius 2 is 1.82 bits per heavy atom. The van der Waals surface area contributed by atoms with Crippen LogP contribution in [0.25, 0.3) is 11.4 Å². The molecule has 28 heavy (non-hydrogen) atoms. The summed E-state index contributed by atoms with van der Waals surface area (Å²) in [6.45, 7) is 1.31. The van der Waals surface area contributed by atoms with Crippen LogP contribution in [-0.4, -0.2) is 41.3 Å². The highest BCUT2D eigenvalue weighted by Gasteiger charge is 2.16. The lowest BCUT2D eigenvalue weighted by molar-refractivity contribution is -0.132. The smallest absolute Gasteiger partial charge is 0.308 e. The summed E-state index contributed by atoms with van der Waals surface area (Å²) < 4.78 is 17.7. The Hall–Kier alpha value is -3.46. The molecule has 0 saturated heterocycles. The lowest BCUT2D eigenvalue weighted by Gasteiger charge is -2.13. The number of benzene rings is 2. The summed E-state index contributed by atoms with van der Waals surface area (Å²) in [5.41, 5.74) is 1.53. The molecule has 0 aliphatic carbocycles. The van der Waals surface area contributed by atoms with E-state index in [0.29, 0.717) is 27.7 Å². The molecule has 0 unspecified atom stereocenters. The van der Waals surface area contributed by atoms with Crippen LogP contribution in [0, 0.1) is 4.77 Å². The first kappa shape index (κ1) is 19.3. The van der Waals surface area contributed by atoms with Gasteiger partial charge in [-0.15, -0.1) is 0 Å². The Morgan fingerprint density at radius 3 is 2.39 bits per heavy atom. The lowest BCUT2D eigenvalue weighted by atomic mass is 10.2. The highest BCUT2D eigenvalue weighted by molar-refractivity contribution is 7.71. The molecule has 0 spiro atoms. The van der Waals surface area contributed by atoms with Gasteiger partial charge in [0.2, 0.25) is 10.5 Å². The third kappa shape index (κ3) is 4.09. The molecule has 3 aromatic rings.